The fourth-order valence-electron chi connectivity index (χ4n) is 2.58. The van der Waals surface area contributed by atoms with Gasteiger partial charge in [-0.25, -0.2) is 9.97 Å². The zero-order valence-electron chi connectivity index (χ0n) is 15.3. The summed E-state index contributed by atoms with van der Waals surface area (Å²) in [6.07, 6.45) is 0. The van der Waals surface area contributed by atoms with Gasteiger partial charge in [-0.2, -0.15) is 0 Å². The maximum absolute atomic E-state index is 12.5. The van der Waals surface area contributed by atoms with Gasteiger partial charge >= 0.3 is 0 Å². The van der Waals surface area contributed by atoms with Crippen molar-refractivity contribution in [2.75, 3.05) is 5.32 Å². The van der Waals surface area contributed by atoms with Crippen molar-refractivity contribution in [1.29, 1.82) is 0 Å². The molecule has 0 radical (unpaired) electrons. The highest BCUT2D eigenvalue weighted by Gasteiger charge is 2.11. The normalized spacial score (nSPS) is 10.5. The number of aromatic nitrogens is 2. The molecule has 0 unspecified atom stereocenters. The summed E-state index contributed by atoms with van der Waals surface area (Å²) in [6, 6.07) is 17.3. The van der Waals surface area contributed by atoms with Crippen LogP contribution in [0.5, 0.6) is 0 Å². The van der Waals surface area contributed by atoms with Crippen molar-refractivity contribution in [1.82, 2.24) is 15.3 Å². The molecule has 5 nitrogen and oxygen atoms in total. The molecule has 2 N–H and O–H groups in total. The number of rotatable bonds is 6. The Hall–Kier alpha value is -2.92. The van der Waals surface area contributed by atoms with Gasteiger partial charge in [0.05, 0.1) is 0 Å². The van der Waals surface area contributed by atoms with Crippen LogP contribution in [0.3, 0.4) is 0 Å². The number of hydrogen-bond donors (Lipinski definition) is 2. The molecular formula is C21H21ClN4O. The molecule has 6 heteroatoms. The van der Waals surface area contributed by atoms with Crippen molar-refractivity contribution in [2.24, 2.45) is 0 Å². The summed E-state index contributed by atoms with van der Waals surface area (Å²) < 4.78 is 0. The number of carbonyl (C=O) groups is 1. The van der Waals surface area contributed by atoms with Gasteiger partial charge in [0.25, 0.3) is 5.91 Å². The Morgan fingerprint density at radius 3 is 2.48 bits per heavy atom. The number of aryl methyl sites for hydroxylation is 2. The molecule has 0 fully saturated rings. The van der Waals surface area contributed by atoms with E-state index in [1.54, 1.807) is 19.1 Å². The monoisotopic (exact) mass is 380 g/mol. The van der Waals surface area contributed by atoms with Crippen LogP contribution in [0.2, 0.25) is 5.02 Å². The van der Waals surface area contributed by atoms with E-state index in [1.807, 2.05) is 18.2 Å². The van der Waals surface area contributed by atoms with Crippen molar-refractivity contribution in [3.63, 3.8) is 0 Å². The molecule has 0 aliphatic rings. The lowest BCUT2D eigenvalue weighted by molar-refractivity contribution is 0.0945. The minimum atomic E-state index is -0.265. The zero-order valence-corrected chi connectivity index (χ0v) is 16.0. The SMILES string of the molecule is Cc1ccc(CNc2cc(C(=O)NCc3ccccc3Cl)nc(C)n2)cc1. The minimum absolute atomic E-state index is 0.265. The quantitative estimate of drug-likeness (QED) is 0.669. The van der Waals surface area contributed by atoms with E-state index in [4.69, 9.17) is 11.6 Å². The predicted octanol–water partition coefficient (Wildman–Crippen LogP) is 4.29. The van der Waals surface area contributed by atoms with Gasteiger partial charge in [0.15, 0.2) is 0 Å². The van der Waals surface area contributed by atoms with Gasteiger partial charge in [0, 0.05) is 24.2 Å². The highest BCUT2D eigenvalue weighted by molar-refractivity contribution is 6.31. The highest BCUT2D eigenvalue weighted by atomic mass is 35.5. The predicted molar refractivity (Wildman–Crippen MR) is 108 cm³/mol. The van der Waals surface area contributed by atoms with Crippen LogP contribution < -0.4 is 10.6 Å². The summed E-state index contributed by atoms with van der Waals surface area (Å²) in [5.41, 5.74) is 3.53. The molecule has 0 aliphatic heterocycles. The van der Waals surface area contributed by atoms with Gasteiger partial charge in [0.2, 0.25) is 0 Å². The van der Waals surface area contributed by atoms with E-state index < -0.39 is 0 Å². The molecular weight excluding hydrogens is 360 g/mol. The Labute approximate surface area is 163 Å². The number of carbonyl (C=O) groups excluding carboxylic acids is 1. The second-order valence-corrected chi connectivity index (χ2v) is 6.71. The van der Waals surface area contributed by atoms with Crippen LogP contribution >= 0.6 is 11.6 Å². The number of benzene rings is 2. The van der Waals surface area contributed by atoms with Crippen LogP contribution in [0.25, 0.3) is 0 Å². The number of hydrogen-bond acceptors (Lipinski definition) is 4. The van der Waals surface area contributed by atoms with Crippen molar-refractivity contribution >= 4 is 23.3 Å². The first-order valence-electron chi connectivity index (χ1n) is 8.68. The van der Waals surface area contributed by atoms with Gasteiger partial charge in [-0.15, -0.1) is 0 Å². The van der Waals surface area contributed by atoms with Crippen LogP contribution in [0.4, 0.5) is 5.82 Å². The molecule has 0 aliphatic carbocycles. The minimum Gasteiger partial charge on any atom is -0.366 e. The van der Waals surface area contributed by atoms with E-state index in [0.717, 1.165) is 11.1 Å². The molecule has 0 saturated carbocycles. The first-order valence-corrected chi connectivity index (χ1v) is 9.06. The number of anilines is 1. The van der Waals surface area contributed by atoms with Crippen molar-refractivity contribution in [2.45, 2.75) is 26.9 Å². The standard InChI is InChI=1S/C21H21ClN4O/c1-14-7-9-16(10-8-14)12-23-20-11-19(25-15(2)26-20)21(27)24-13-17-5-3-4-6-18(17)22/h3-11H,12-13H2,1-2H3,(H,24,27)(H,23,25,26). The molecule has 1 heterocycles. The van der Waals surface area contributed by atoms with Crippen LogP contribution in [-0.4, -0.2) is 15.9 Å². The Bertz CT molecular complexity index is 941. The largest absolute Gasteiger partial charge is 0.366 e. The van der Waals surface area contributed by atoms with Gasteiger partial charge in [-0.05, 0) is 31.0 Å². The molecule has 1 aromatic heterocycles. The maximum Gasteiger partial charge on any atom is 0.270 e. The Morgan fingerprint density at radius 1 is 1.00 bits per heavy atom. The number of amides is 1. The number of nitrogens with one attached hydrogen (secondary N) is 2. The maximum atomic E-state index is 12.5. The lowest BCUT2D eigenvalue weighted by atomic mass is 10.1. The molecule has 2 aromatic carbocycles. The van der Waals surface area contributed by atoms with E-state index in [0.29, 0.717) is 35.4 Å². The third-order valence-electron chi connectivity index (χ3n) is 4.06. The lowest BCUT2D eigenvalue weighted by Gasteiger charge is -2.10. The molecule has 27 heavy (non-hydrogen) atoms. The smallest absolute Gasteiger partial charge is 0.270 e. The van der Waals surface area contributed by atoms with Crippen molar-refractivity contribution in [3.8, 4) is 0 Å². The Kier molecular flexibility index (Phi) is 6.04. The lowest BCUT2D eigenvalue weighted by Crippen LogP contribution is -2.24. The van der Waals surface area contributed by atoms with E-state index in [1.165, 1.54) is 5.56 Å². The van der Waals surface area contributed by atoms with Gasteiger partial charge < -0.3 is 10.6 Å². The first kappa shape index (κ1) is 18.9. The van der Waals surface area contributed by atoms with Crippen LogP contribution in [0.15, 0.2) is 54.6 Å². The van der Waals surface area contributed by atoms with E-state index in [-0.39, 0.29) is 5.91 Å². The van der Waals surface area contributed by atoms with Gasteiger partial charge in [-0.1, -0.05) is 59.6 Å². The molecule has 0 atom stereocenters. The van der Waals surface area contributed by atoms with Gasteiger partial charge in [-0.3, -0.25) is 4.79 Å². The molecule has 3 rings (SSSR count). The Morgan fingerprint density at radius 2 is 1.74 bits per heavy atom. The zero-order chi connectivity index (χ0) is 19.2. The number of nitrogens with zero attached hydrogens (tertiary/aromatic N) is 2. The van der Waals surface area contributed by atoms with Crippen LogP contribution in [0.1, 0.15) is 33.0 Å². The summed E-state index contributed by atoms with van der Waals surface area (Å²) in [4.78, 5) is 21.1. The topological polar surface area (TPSA) is 66.9 Å². The van der Waals surface area contributed by atoms with E-state index >= 15 is 0 Å². The highest BCUT2D eigenvalue weighted by Crippen LogP contribution is 2.15. The average Bonchev–Trinajstić information content (AvgIpc) is 2.66. The van der Waals surface area contributed by atoms with Crippen molar-refractivity contribution in [3.05, 3.63) is 87.8 Å². The summed E-state index contributed by atoms with van der Waals surface area (Å²) in [7, 11) is 0. The van der Waals surface area contributed by atoms with E-state index in [2.05, 4.69) is 51.8 Å². The Balaban J connectivity index is 1.66. The first-order chi connectivity index (χ1) is 13.0. The van der Waals surface area contributed by atoms with Crippen LogP contribution in [-0.2, 0) is 13.1 Å². The summed E-state index contributed by atoms with van der Waals surface area (Å²) in [5.74, 6) is 0.886. The summed E-state index contributed by atoms with van der Waals surface area (Å²) >= 11 is 6.13. The molecule has 1 amide bonds. The molecule has 3 aromatic rings. The molecule has 138 valence electrons. The third kappa shape index (κ3) is 5.28. The summed E-state index contributed by atoms with van der Waals surface area (Å²) in [6.45, 7) is 4.78. The second kappa shape index (κ2) is 8.64. The van der Waals surface area contributed by atoms with Crippen molar-refractivity contribution < 1.29 is 4.79 Å². The molecule has 0 bridgehead atoms. The average molecular weight is 381 g/mol. The fraction of sp³-hybridized carbons (Fsp3) is 0.190. The summed E-state index contributed by atoms with van der Waals surface area (Å²) in [5, 5.41) is 6.72. The molecule has 0 saturated heterocycles. The number of halogens is 1. The van der Waals surface area contributed by atoms with E-state index in [9.17, 15) is 4.79 Å². The second-order valence-electron chi connectivity index (χ2n) is 6.30. The molecule has 0 spiro atoms. The fourth-order valence-corrected chi connectivity index (χ4v) is 2.78. The van der Waals surface area contributed by atoms with Crippen LogP contribution in [0, 0.1) is 13.8 Å². The third-order valence-corrected chi connectivity index (χ3v) is 4.43. The van der Waals surface area contributed by atoms with Gasteiger partial charge in [0.1, 0.15) is 17.3 Å².